The average molecular weight is 136 g/mol. The summed E-state index contributed by atoms with van der Waals surface area (Å²) in [6.45, 7) is 9.81. The van der Waals surface area contributed by atoms with E-state index in [9.17, 15) is 4.79 Å². The van der Waals surface area contributed by atoms with Gasteiger partial charge in [0.25, 0.3) is 0 Å². The minimum absolute atomic E-state index is 0.167. The number of Topliss-reactive ketones (excluding diaryl/α,β-unsaturated/α-hetero) is 1. The SMILES string of the molecule is C=CC#CC=C.CC(C)=O. The highest BCUT2D eigenvalue weighted by Crippen LogP contribution is 1.55. The first kappa shape index (κ1) is 11.5. The van der Waals surface area contributed by atoms with Crippen molar-refractivity contribution in [3.8, 4) is 11.8 Å². The Balaban J connectivity index is 0. The van der Waals surface area contributed by atoms with Crippen LogP contribution in [-0.4, -0.2) is 5.78 Å². The molecular formula is C9H12O. The van der Waals surface area contributed by atoms with E-state index in [-0.39, 0.29) is 5.78 Å². The van der Waals surface area contributed by atoms with E-state index in [0.717, 1.165) is 0 Å². The summed E-state index contributed by atoms with van der Waals surface area (Å²) in [5, 5.41) is 0. The van der Waals surface area contributed by atoms with Crippen molar-refractivity contribution in [3.63, 3.8) is 0 Å². The van der Waals surface area contributed by atoms with Gasteiger partial charge in [0.05, 0.1) is 0 Å². The normalized spacial score (nSPS) is 5.40. The Hall–Kier alpha value is -1.29. The summed E-state index contributed by atoms with van der Waals surface area (Å²) in [6, 6.07) is 0. The van der Waals surface area contributed by atoms with E-state index < -0.39 is 0 Å². The first-order chi connectivity index (χ1) is 4.65. The maximum Gasteiger partial charge on any atom is 0.126 e. The lowest BCUT2D eigenvalue weighted by Crippen LogP contribution is -1.69. The number of rotatable bonds is 0. The highest BCUT2D eigenvalue weighted by Gasteiger charge is 1.62. The second-order valence-electron chi connectivity index (χ2n) is 1.61. The van der Waals surface area contributed by atoms with Crippen LogP contribution in [0.2, 0.25) is 0 Å². The minimum Gasteiger partial charge on any atom is -0.300 e. The molecule has 0 unspecified atom stereocenters. The molecule has 0 heterocycles. The molecule has 0 aliphatic carbocycles. The molecule has 1 nitrogen and oxygen atoms in total. The molecule has 0 spiro atoms. The van der Waals surface area contributed by atoms with Gasteiger partial charge < -0.3 is 4.79 Å². The summed E-state index contributed by atoms with van der Waals surface area (Å²) in [5.41, 5.74) is 0. The lowest BCUT2D eigenvalue weighted by Gasteiger charge is -1.56. The third-order valence-corrected chi connectivity index (χ3v) is 0.287. The van der Waals surface area contributed by atoms with Crippen molar-refractivity contribution in [3.05, 3.63) is 25.3 Å². The van der Waals surface area contributed by atoms with Crippen LogP contribution in [0.15, 0.2) is 25.3 Å². The fourth-order valence-electron chi connectivity index (χ4n) is 0.118. The Morgan fingerprint density at radius 2 is 1.40 bits per heavy atom. The van der Waals surface area contributed by atoms with Crippen molar-refractivity contribution < 1.29 is 4.79 Å². The van der Waals surface area contributed by atoms with Crippen molar-refractivity contribution in [2.75, 3.05) is 0 Å². The predicted octanol–water partition coefficient (Wildman–Crippen LogP) is 1.96. The highest BCUT2D eigenvalue weighted by atomic mass is 16.1. The van der Waals surface area contributed by atoms with E-state index in [2.05, 4.69) is 25.0 Å². The van der Waals surface area contributed by atoms with Crippen LogP contribution in [0.3, 0.4) is 0 Å². The van der Waals surface area contributed by atoms with Crippen LogP contribution >= 0.6 is 0 Å². The molecule has 0 amide bonds. The van der Waals surface area contributed by atoms with Gasteiger partial charge >= 0.3 is 0 Å². The maximum atomic E-state index is 9.44. The van der Waals surface area contributed by atoms with Gasteiger partial charge in [0.2, 0.25) is 0 Å². The molecule has 1 heteroatoms. The van der Waals surface area contributed by atoms with Crippen LogP contribution in [0.4, 0.5) is 0 Å². The van der Waals surface area contributed by atoms with Gasteiger partial charge in [0.1, 0.15) is 5.78 Å². The zero-order valence-electron chi connectivity index (χ0n) is 6.48. The molecule has 0 radical (unpaired) electrons. The molecule has 54 valence electrons. The molecule has 0 saturated heterocycles. The molecule has 0 N–H and O–H groups in total. The molecule has 0 aromatic carbocycles. The van der Waals surface area contributed by atoms with Crippen molar-refractivity contribution in [2.24, 2.45) is 0 Å². The Morgan fingerprint density at radius 1 is 1.20 bits per heavy atom. The van der Waals surface area contributed by atoms with Crippen molar-refractivity contribution in [1.82, 2.24) is 0 Å². The molecule has 0 aromatic rings. The summed E-state index contributed by atoms with van der Waals surface area (Å²) < 4.78 is 0. The zero-order valence-corrected chi connectivity index (χ0v) is 6.48. The Morgan fingerprint density at radius 3 is 1.50 bits per heavy atom. The average Bonchev–Trinajstić information content (AvgIpc) is 1.82. The van der Waals surface area contributed by atoms with Gasteiger partial charge in [0, 0.05) is 0 Å². The fraction of sp³-hybridized carbons (Fsp3) is 0.222. The highest BCUT2D eigenvalue weighted by molar-refractivity contribution is 5.72. The van der Waals surface area contributed by atoms with E-state index in [1.807, 2.05) is 0 Å². The standard InChI is InChI=1S/C6H6.C3H6O/c1-3-5-6-4-2;1-3(2)4/h3-4H,1-2H2;1-2H3. The van der Waals surface area contributed by atoms with E-state index in [4.69, 9.17) is 0 Å². The van der Waals surface area contributed by atoms with Gasteiger partial charge in [-0.15, -0.1) is 0 Å². The number of carbonyl (C=O) groups excluding carboxylic acids is 1. The molecule has 0 atom stereocenters. The number of ketones is 1. The van der Waals surface area contributed by atoms with Gasteiger partial charge in [-0.2, -0.15) is 0 Å². The molecule has 0 saturated carbocycles. The largest absolute Gasteiger partial charge is 0.300 e. The summed E-state index contributed by atoms with van der Waals surface area (Å²) in [5.74, 6) is 5.35. The van der Waals surface area contributed by atoms with Gasteiger partial charge in [-0.25, -0.2) is 0 Å². The van der Waals surface area contributed by atoms with Crippen molar-refractivity contribution in [2.45, 2.75) is 13.8 Å². The van der Waals surface area contributed by atoms with Crippen molar-refractivity contribution >= 4 is 5.78 Å². The fourth-order valence-corrected chi connectivity index (χ4v) is 0.118. The quantitative estimate of drug-likeness (QED) is 0.465. The molecular weight excluding hydrogens is 124 g/mol. The lowest BCUT2D eigenvalue weighted by molar-refractivity contribution is -0.114. The van der Waals surface area contributed by atoms with Crippen LogP contribution in [-0.2, 0) is 4.79 Å². The number of carbonyl (C=O) groups is 1. The molecule has 0 aliphatic heterocycles. The predicted molar refractivity (Wildman–Crippen MR) is 44.5 cm³/mol. The number of allylic oxidation sites excluding steroid dienone is 2. The molecule has 0 aromatic heterocycles. The topological polar surface area (TPSA) is 17.1 Å². The van der Waals surface area contributed by atoms with Crippen molar-refractivity contribution in [1.29, 1.82) is 0 Å². The van der Waals surface area contributed by atoms with E-state index in [0.29, 0.717) is 0 Å². The molecule has 10 heavy (non-hydrogen) atoms. The molecule has 0 rings (SSSR count). The number of hydrogen-bond acceptors (Lipinski definition) is 1. The third-order valence-electron chi connectivity index (χ3n) is 0.287. The van der Waals surface area contributed by atoms with Crippen LogP contribution in [0.1, 0.15) is 13.8 Å². The molecule has 0 bridgehead atoms. The first-order valence-corrected chi connectivity index (χ1v) is 2.85. The van der Waals surface area contributed by atoms with E-state index >= 15 is 0 Å². The van der Waals surface area contributed by atoms with Gasteiger partial charge in [-0.1, -0.05) is 25.0 Å². The third kappa shape index (κ3) is 74.8. The summed E-state index contributed by atoms with van der Waals surface area (Å²) in [4.78, 5) is 9.44. The first-order valence-electron chi connectivity index (χ1n) is 2.85. The second-order valence-corrected chi connectivity index (χ2v) is 1.61. The van der Waals surface area contributed by atoms with Crippen LogP contribution in [0.25, 0.3) is 0 Å². The Labute approximate surface area is 62.4 Å². The van der Waals surface area contributed by atoms with E-state index in [1.165, 1.54) is 26.0 Å². The summed E-state index contributed by atoms with van der Waals surface area (Å²) >= 11 is 0. The maximum absolute atomic E-state index is 9.44. The van der Waals surface area contributed by atoms with Crippen LogP contribution in [0.5, 0.6) is 0 Å². The molecule has 0 fully saturated rings. The van der Waals surface area contributed by atoms with E-state index in [1.54, 1.807) is 0 Å². The summed E-state index contributed by atoms with van der Waals surface area (Å²) in [6.07, 6.45) is 3.06. The lowest BCUT2D eigenvalue weighted by atomic mass is 10.5. The molecule has 0 aliphatic rings. The Bertz CT molecular complexity index is 151. The number of hydrogen-bond donors (Lipinski definition) is 0. The zero-order chi connectivity index (χ0) is 8.41. The summed E-state index contributed by atoms with van der Waals surface area (Å²) in [7, 11) is 0. The van der Waals surface area contributed by atoms with Gasteiger partial charge in [0.15, 0.2) is 0 Å². The van der Waals surface area contributed by atoms with Gasteiger partial charge in [-0.05, 0) is 26.0 Å². The Kier molecular flexibility index (Phi) is 12.2. The monoisotopic (exact) mass is 136 g/mol. The minimum atomic E-state index is 0.167. The van der Waals surface area contributed by atoms with Crippen LogP contribution in [0, 0.1) is 11.8 Å². The second kappa shape index (κ2) is 10.6. The van der Waals surface area contributed by atoms with Crippen LogP contribution < -0.4 is 0 Å². The van der Waals surface area contributed by atoms with Gasteiger partial charge in [-0.3, -0.25) is 0 Å². The smallest absolute Gasteiger partial charge is 0.126 e.